The van der Waals surface area contributed by atoms with Gasteiger partial charge in [0.2, 0.25) is 0 Å². The highest BCUT2D eigenvalue weighted by Gasteiger charge is 2.36. The molecule has 0 fully saturated rings. The summed E-state index contributed by atoms with van der Waals surface area (Å²) in [4.78, 5) is 50.7. The van der Waals surface area contributed by atoms with E-state index < -0.39 is 24.4 Å². The number of rotatable bonds is 6. The maximum Gasteiger partial charge on any atom is 0.338 e. The molecule has 2 aromatic carbocycles. The van der Waals surface area contributed by atoms with Crippen LogP contribution in [0.5, 0.6) is 0 Å². The number of Topliss-reactive ketones (excluding diaryl/α,β-unsaturated/α-hetero) is 1. The van der Waals surface area contributed by atoms with Crippen LogP contribution in [0.25, 0.3) is 0 Å². The Hall–Kier alpha value is -3.52. The summed E-state index contributed by atoms with van der Waals surface area (Å²) < 4.78 is 11.1. The van der Waals surface area contributed by atoms with E-state index in [-0.39, 0.29) is 29.0 Å². The van der Waals surface area contributed by atoms with Crippen LogP contribution in [0.4, 0.5) is 0 Å². The summed E-state index contributed by atoms with van der Waals surface area (Å²) in [5, 5.41) is 0. The average Bonchev–Trinajstić information content (AvgIpc) is 3.35. The molecule has 0 atom stereocenters. The van der Waals surface area contributed by atoms with E-state index in [4.69, 9.17) is 9.15 Å². The summed E-state index contributed by atoms with van der Waals surface area (Å²) in [6, 6.07) is 14.1. The molecule has 0 saturated carbocycles. The Morgan fingerprint density at radius 2 is 1.63 bits per heavy atom. The van der Waals surface area contributed by atoms with Crippen LogP contribution >= 0.6 is 15.9 Å². The second-order valence-corrected chi connectivity index (χ2v) is 7.46. The smallest absolute Gasteiger partial charge is 0.338 e. The molecule has 0 spiro atoms. The van der Waals surface area contributed by atoms with Crippen LogP contribution < -0.4 is 0 Å². The minimum atomic E-state index is -0.756. The second-order valence-electron chi connectivity index (χ2n) is 6.54. The molecule has 0 unspecified atom stereocenters. The summed E-state index contributed by atoms with van der Waals surface area (Å²) in [6.07, 6.45) is 1.46. The highest BCUT2D eigenvalue weighted by atomic mass is 79.9. The molecule has 0 N–H and O–H groups in total. The van der Waals surface area contributed by atoms with Gasteiger partial charge in [0.25, 0.3) is 11.8 Å². The Labute approximate surface area is 179 Å². The van der Waals surface area contributed by atoms with Crippen LogP contribution in [-0.4, -0.2) is 35.1 Å². The second kappa shape index (κ2) is 8.08. The van der Waals surface area contributed by atoms with E-state index in [0.717, 1.165) is 9.37 Å². The third-order valence-corrected chi connectivity index (χ3v) is 5.13. The van der Waals surface area contributed by atoms with Gasteiger partial charge in [0.05, 0.1) is 29.5 Å². The monoisotopic (exact) mass is 467 g/mol. The summed E-state index contributed by atoms with van der Waals surface area (Å²) in [5.41, 5.74) is 0.807. The van der Waals surface area contributed by atoms with Gasteiger partial charge < -0.3 is 9.15 Å². The Morgan fingerprint density at radius 3 is 2.33 bits per heavy atom. The molecule has 30 heavy (non-hydrogen) atoms. The quantitative estimate of drug-likeness (QED) is 0.310. The van der Waals surface area contributed by atoms with Gasteiger partial charge in [-0.1, -0.05) is 28.1 Å². The van der Waals surface area contributed by atoms with Gasteiger partial charge >= 0.3 is 5.97 Å². The standard InChI is InChI=1S/C22H14BrNO6/c23-15-6-3-13(4-7-15)19(25)12-30-22(28)14-5-8-17-18(10-14)21(27)24(20(17)26)11-16-2-1-9-29-16/h1-10H,11-12H2. The molecule has 0 bridgehead atoms. The van der Waals surface area contributed by atoms with Gasteiger partial charge in [0.15, 0.2) is 12.4 Å². The molecular weight excluding hydrogens is 454 g/mol. The molecule has 0 aliphatic carbocycles. The number of carbonyl (C=O) groups excluding carboxylic acids is 4. The van der Waals surface area contributed by atoms with Crippen molar-refractivity contribution in [3.05, 3.63) is 93.3 Å². The lowest BCUT2D eigenvalue weighted by Crippen LogP contribution is -2.28. The summed E-state index contributed by atoms with van der Waals surface area (Å²) in [5.74, 6) is -1.62. The van der Waals surface area contributed by atoms with Crippen molar-refractivity contribution in [1.29, 1.82) is 0 Å². The van der Waals surface area contributed by atoms with Gasteiger partial charge in [-0.25, -0.2) is 4.79 Å². The summed E-state index contributed by atoms with van der Waals surface area (Å²) in [7, 11) is 0. The molecule has 150 valence electrons. The van der Waals surface area contributed by atoms with Gasteiger partial charge in [0.1, 0.15) is 5.76 Å². The topological polar surface area (TPSA) is 93.9 Å². The summed E-state index contributed by atoms with van der Waals surface area (Å²) >= 11 is 3.28. The number of carbonyl (C=O) groups is 4. The number of ether oxygens (including phenoxy) is 1. The molecule has 1 aliphatic rings. The molecule has 4 rings (SSSR count). The number of furan rings is 1. The van der Waals surface area contributed by atoms with Crippen LogP contribution in [0.2, 0.25) is 0 Å². The van der Waals surface area contributed by atoms with Crippen molar-refractivity contribution >= 4 is 39.5 Å². The number of hydrogen-bond acceptors (Lipinski definition) is 6. The van der Waals surface area contributed by atoms with E-state index in [9.17, 15) is 19.2 Å². The number of imide groups is 1. The fourth-order valence-electron chi connectivity index (χ4n) is 3.05. The van der Waals surface area contributed by atoms with E-state index in [1.54, 1.807) is 36.4 Å². The fraction of sp³-hybridized carbons (Fsp3) is 0.0909. The maximum atomic E-state index is 12.6. The zero-order chi connectivity index (χ0) is 21.3. The number of fused-ring (bicyclic) bond motifs is 1. The molecule has 2 amide bonds. The molecule has 7 nitrogen and oxygen atoms in total. The average molecular weight is 468 g/mol. The number of benzene rings is 2. The predicted molar refractivity (Wildman–Crippen MR) is 108 cm³/mol. The van der Waals surface area contributed by atoms with Crippen LogP contribution in [0, 0.1) is 0 Å². The molecule has 2 heterocycles. The van der Waals surface area contributed by atoms with Crippen molar-refractivity contribution in [2.75, 3.05) is 6.61 Å². The maximum absolute atomic E-state index is 12.6. The van der Waals surface area contributed by atoms with Crippen molar-refractivity contribution in [2.45, 2.75) is 6.54 Å². The van der Waals surface area contributed by atoms with E-state index in [2.05, 4.69) is 15.9 Å². The van der Waals surface area contributed by atoms with Gasteiger partial charge in [0, 0.05) is 10.0 Å². The van der Waals surface area contributed by atoms with Crippen molar-refractivity contribution in [3.8, 4) is 0 Å². The van der Waals surface area contributed by atoms with Crippen molar-refractivity contribution in [1.82, 2.24) is 4.90 Å². The Bertz CT molecular complexity index is 1150. The number of nitrogens with zero attached hydrogens (tertiary/aromatic N) is 1. The van der Waals surface area contributed by atoms with Crippen LogP contribution in [0.15, 0.2) is 69.8 Å². The first-order chi connectivity index (χ1) is 14.4. The molecule has 0 radical (unpaired) electrons. The Kier molecular flexibility index (Phi) is 5.33. The highest BCUT2D eigenvalue weighted by Crippen LogP contribution is 2.26. The number of esters is 1. The minimum Gasteiger partial charge on any atom is -0.467 e. The first-order valence-electron chi connectivity index (χ1n) is 8.92. The third-order valence-electron chi connectivity index (χ3n) is 4.60. The third kappa shape index (κ3) is 3.81. The minimum absolute atomic E-state index is 0.000812. The first kappa shape index (κ1) is 19.8. The van der Waals surface area contributed by atoms with Gasteiger partial charge in [-0.05, 0) is 42.5 Å². The Morgan fingerprint density at radius 1 is 0.933 bits per heavy atom. The first-order valence-corrected chi connectivity index (χ1v) is 9.72. The number of ketones is 1. The lowest BCUT2D eigenvalue weighted by molar-refractivity contribution is 0.0474. The van der Waals surface area contributed by atoms with Gasteiger partial charge in [-0.2, -0.15) is 0 Å². The van der Waals surface area contributed by atoms with Gasteiger partial charge in [-0.3, -0.25) is 19.3 Å². The van der Waals surface area contributed by atoms with Gasteiger partial charge in [-0.15, -0.1) is 0 Å². The lowest BCUT2D eigenvalue weighted by Gasteiger charge is -2.11. The number of amides is 2. The van der Waals surface area contributed by atoms with Crippen molar-refractivity contribution < 1.29 is 28.3 Å². The Balaban J connectivity index is 1.45. The van der Waals surface area contributed by atoms with Crippen LogP contribution in [0.1, 0.15) is 47.2 Å². The summed E-state index contributed by atoms with van der Waals surface area (Å²) in [6.45, 7) is -0.435. The largest absolute Gasteiger partial charge is 0.467 e. The normalized spacial score (nSPS) is 12.8. The molecule has 3 aromatic rings. The molecule has 0 saturated heterocycles. The SMILES string of the molecule is O=C(COC(=O)c1ccc2c(c1)C(=O)N(Cc1ccco1)C2=O)c1ccc(Br)cc1. The molecular formula is C22H14BrNO6. The number of halogens is 1. The van der Waals surface area contributed by atoms with Crippen molar-refractivity contribution in [3.63, 3.8) is 0 Å². The molecule has 8 heteroatoms. The zero-order valence-corrected chi connectivity index (χ0v) is 17.0. The highest BCUT2D eigenvalue weighted by molar-refractivity contribution is 9.10. The lowest BCUT2D eigenvalue weighted by atomic mass is 10.1. The predicted octanol–water partition coefficient (Wildman–Crippen LogP) is 3.88. The molecule has 1 aliphatic heterocycles. The van der Waals surface area contributed by atoms with Crippen molar-refractivity contribution in [2.24, 2.45) is 0 Å². The molecule has 1 aromatic heterocycles. The van der Waals surface area contributed by atoms with Crippen LogP contribution in [0.3, 0.4) is 0 Å². The van der Waals surface area contributed by atoms with E-state index in [1.165, 1.54) is 24.5 Å². The number of hydrogen-bond donors (Lipinski definition) is 0. The van der Waals surface area contributed by atoms with E-state index in [1.807, 2.05) is 0 Å². The van der Waals surface area contributed by atoms with E-state index in [0.29, 0.717) is 11.3 Å². The fourth-order valence-corrected chi connectivity index (χ4v) is 3.32. The van der Waals surface area contributed by atoms with Crippen LogP contribution in [-0.2, 0) is 11.3 Å². The zero-order valence-electron chi connectivity index (χ0n) is 15.5. The van der Waals surface area contributed by atoms with E-state index >= 15 is 0 Å².